The van der Waals surface area contributed by atoms with E-state index in [0.29, 0.717) is 24.2 Å². The van der Waals surface area contributed by atoms with Crippen LogP contribution in [0.2, 0.25) is 0 Å². The summed E-state index contributed by atoms with van der Waals surface area (Å²) in [6, 6.07) is 3.01. The van der Waals surface area contributed by atoms with Gasteiger partial charge in [0, 0.05) is 12.1 Å². The second kappa shape index (κ2) is 8.29. The van der Waals surface area contributed by atoms with Gasteiger partial charge in [0.05, 0.1) is 0 Å². The monoisotopic (exact) mass is 312 g/mol. The zero-order valence-electron chi connectivity index (χ0n) is 12.3. The van der Waals surface area contributed by atoms with Gasteiger partial charge in [0.1, 0.15) is 0 Å². The van der Waals surface area contributed by atoms with Crippen LogP contribution in [0.3, 0.4) is 0 Å². The average Bonchev–Trinajstić information content (AvgIpc) is 2.36. The average molecular weight is 312 g/mol. The summed E-state index contributed by atoms with van der Waals surface area (Å²) in [5, 5.41) is 2.98. The first kappa shape index (κ1) is 19.8. The van der Waals surface area contributed by atoms with Gasteiger partial charge >= 0.3 is 12.1 Å². The van der Waals surface area contributed by atoms with Gasteiger partial charge in [-0.1, -0.05) is 26.0 Å². The van der Waals surface area contributed by atoms with Crippen LogP contribution in [0.5, 0.6) is 0 Å². The van der Waals surface area contributed by atoms with Crippen LogP contribution in [0, 0.1) is 6.92 Å². The summed E-state index contributed by atoms with van der Waals surface area (Å²) in [4.78, 5) is 0. The fourth-order valence-electron chi connectivity index (χ4n) is 1.51. The largest absolute Gasteiger partial charge is 0.458 e. The van der Waals surface area contributed by atoms with Crippen molar-refractivity contribution in [3.05, 3.63) is 34.9 Å². The van der Waals surface area contributed by atoms with E-state index in [9.17, 15) is 22.0 Å². The number of alkyl halides is 5. The Morgan fingerprint density at radius 2 is 1.62 bits per heavy atom. The molecule has 1 rings (SSSR count). The molecule has 0 fully saturated rings. The van der Waals surface area contributed by atoms with Crippen molar-refractivity contribution in [2.45, 2.75) is 39.4 Å². The Bertz CT molecular complexity index is 430. The van der Waals surface area contributed by atoms with E-state index < -0.39 is 17.7 Å². The molecule has 0 spiro atoms. The Morgan fingerprint density at radius 3 is 2.00 bits per heavy atom. The number of rotatable bonds is 4. The Labute approximate surface area is 121 Å². The maximum atomic E-state index is 13.1. The molecular weight excluding hydrogens is 291 g/mol. The summed E-state index contributed by atoms with van der Waals surface area (Å²) in [6.07, 6.45) is -5.57. The smallest absolute Gasteiger partial charge is 0.331 e. The molecule has 0 aliphatic heterocycles. The molecule has 0 heterocycles. The van der Waals surface area contributed by atoms with Gasteiger partial charge in [-0.2, -0.15) is 22.0 Å². The van der Waals surface area contributed by atoms with Crippen molar-refractivity contribution in [1.82, 2.24) is 5.32 Å². The van der Waals surface area contributed by atoms with Gasteiger partial charge in [0.25, 0.3) is 0 Å². The SMILES string of the molecule is CCN.CCNCc1ccc(C(F)(F)C(F)(F)F)cc1C. The molecule has 122 valence electrons. The van der Waals surface area contributed by atoms with Crippen molar-refractivity contribution in [2.75, 3.05) is 13.1 Å². The normalized spacial score (nSPS) is 11.9. The minimum absolute atomic E-state index is 0.414. The predicted molar refractivity (Wildman–Crippen MR) is 73.2 cm³/mol. The Morgan fingerprint density at radius 1 is 1.10 bits per heavy atom. The molecule has 0 atom stereocenters. The summed E-state index contributed by atoms with van der Waals surface area (Å²) in [6.45, 7) is 7.18. The minimum atomic E-state index is -5.57. The highest BCUT2D eigenvalue weighted by molar-refractivity contribution is 5.34. The number of nitrogens with one attached hydrogen (secondary N) is 1. The van der Waals surface area contributed by atoms with Crippen LogP contribution < -0.4 is 11.1 Å². The molecule has 2 nitrogen and oxygen atoms in total. The Hall–Kier alpha value is -1.21. The van der Waals surface area contributed by atoms with E-state index >= 15 is 0 Å². The first-order chi connectivity index (χ1) is 9.61. The Balaban J connectivity index is 0.00000122. The number of halogens is 5. The molecule has 1 aromatic rings. The molecule has 3 N–H and O–H groups in total. The van der Waals surface area contributed by atoms with Crippen molar-refractivity contribution in [2.24, 2.45) is 5.73 Å². The maximum absolute atomic E-state index is 13.1. The van der Waals surface area contributed by atoms with E-state index in [1.54, 1.807) is 0 Å². The topological polar surface area (TPSA) is 38.0 Å². The number of hydrogen-bond donors (Lipinski definition) is 2. The highest BCUT2D eigenvalue weighted by atomic mass is 19.4. The molecule has 0 radical (unpaired) electrons. The fourth-order valence-corrected chi connectivity index (χ4v) is 1.51. The van der Waals surface area contributed by atoms with Gasteiger partial charge in [0.15, 0.2) is 0 Å². The van der Waals surface area contributed by atoms with Gasteiger partial charge in [-0.05, 0) is 37.2 Å². The molecular formula is C14H21F5N2. The van der Waals surface area contributed by atoms with E-state index in [-0.39, 0.29) is 0 Å². The Kier molecular flexibility index (Phi) is 7.81. The molecule has 0 unspecified atom stereocenters. The standard InChI is InChI=1S/C12H14F5N.C2H7N/c1-3-18-7-9-4-5-10(6-8(9)2)11(13,14)12(15,16)17;1-2-3/h4-6,18H,3,7H2,1-2H3;2-3H2,1H3. The summed E-state index contributed by atoms with van der Waals surface area (Å²) in [7, 11) is 0. The van der Waals surface area contributed by atoms with Crippen molar-refractivity contribution < 1.29 is 22.0 Å². The van der Waals surface area contributed by atoms with E-state index in [4.69, 9.17) is 5.73 Å². The van der Waals surface area contributed by atoms with Crippen LogP contribution in [-0.2, 0) is 12.5 Å². The van der Waals surface area contributed by atoms with E-state index in [2.05, 4.69) is 5.32 Å². The second-order valence-corrected chi connectivity index (χ2v) is 4.40. The lowest BCUT2D eigenvalue weighted by molar-refractivity contribution is -0.289. The highest BCUT2D eigenvalue weighted by Crippen LogP contribution is 2.44. The van der Waals surface area contributed by atoms with E-state index in [0.717, 1.165) is 18.7 Å². The van der Waals surface area contributed by atoms with Crippen LogP contribution in [0.4, 0.5) is 22.0 Å². The number of benzene rings is 1. The van der Waals surface area contributed by atoms with E-state index in [1.807, 2.05) is 13.8 Å². The number of aryl methyl sites for hydroxylation is 1. The summed E-state index contributed by atoms with van der Waals surface area (Å²) < 4.78 is 62.7. The van der Waals surface area contributed by atoms with Crippen molar-refractivity contribution in [1.29, 1.82) is 0 Å². The van der Waals surface area contributed by atoms with Crippen LogP contribution >= 0.6 is 0 Å². The molecule has 0 amide bonds. The second-order valence-electron chi connectivity index (χ2n) is 4.40. The molecule has 0 aromatic heterocycles. The van der Waals surface area contributed by atoms with Crippen molar-refractivity contribution in [3.63, 3.8) is 0 Å². The molecule has 0 bridgehead atoms. The van der Waals surface area contributed by atoms with Crippen LogP contribution in [0.15, 0.2) is 18.2 Å². The molecule has 0 aliphatic carbocycles. The molecule has 21 heavy (non-hydrogen) atoms. The van der Waals surface area contributed by atoms with Gasteiger partial charge in [0.2, 0.25) is 0 Å². The first-order valence-electron chi connectivity index (χ1n) is 6.57. The minimum Gasteiger partial charge on any atom is -0.331 e. The highest BCUT2D eigenvalue weighted by Gasteiger charge is 2.58. The molecule has 1 aromatic carbocycles. The quantitative estimate of drug-likeness (QED) is 0.832. The lowest BCUT2D eigenvalue weighted by Crippen LogP contribution is -2.33. The lowest BCUT2D eigenvalue weighted by Gasteiger charge is -2.21. The third-order valence-corrected chi connectivity index (χ3v) is 2.63. The van der Waals surface area contributed by atoms with Gasteiger partial charge in [-0.3, -0.25) is 0 Å². The molecule has 7 heteroatoms. The van der Waals surface area contributed by atoms with Crippen molar-refractivity contribution >= 4 is 0 Å². The third kappa shape index (κ3) is 5.59. The number of hydrogen-bond acceptors (Lipinski definition) is 2. The molecule has 0 saturated carbocycles. The maximum Gasteiger partial charge on any atom is 0.458 e. The summed E-state index contributed by atoms with van der Waals surface area (Å²) >= 11 is 0. The van der Waals surface area contributed by atoms with Crippen molar-refractivity contribution in [3.8, 4) is 0 Å². The molecule has 0 saturated heterocycles. The summed E-state index contributed by atoms with van der Waals surface area (Å²) in [5.74, 6) is -4.81. The number of nitrogens with two attached hydrogens (primary N) is 1. The predicted octanol–water partition coefficient (Wildman–Crippen LogP) is 3.72. The van der Waals surface area contributed by atoms with E-state index in [1.165, 1.54) is 13.0 Å². The third-order valence-electron chi connectivity index (χ3n) is 2.63. The summed E-state index contributed by atoms with van der Waals surface area (Å²) in [5.41, 5.74) is 4.95. The van der Waals surface area contributed by atoms with Gasteiger partial charge in [-0.25, -0.2) is 0 Å². The lowest BCUT2D eigenvalue weighted by atomic mass is 10.0. The van der Waals surface area contributed by atoms with Gasteiger partial charge < -0.3 is 11.1 Å². The van der Waals surface area contributed by atoms with Crippen LogP contribution in [0.1, 0.15) is 30.5 Å². The molecule has 0 aliphatic rings. The zero-order valence-corrected chi connectivity index (χ0v) is 12.3. The van der Waals surface area contributed by atoms with Crippen LogP contribution in [-0.4, -0.2) is 19.3 Å². The fraction of sp³-hybridized carbons (Fsp3) is 0.571. The van der Waals surface area contributed by atoms with Gasteiger partial charge in [-0.15, -0.1) is 0 Å². The first-order valence-corrected chi connectivity index (χ1v) is 6.57. The van der Waals surface area contributed by atoms with Crippen LogP contribution in [0.25, 0.3) is 0 Å². The zero-order chi connectivity index (χ0) is 16.7.